The molecule has 0 fully saturated rings. The van der Waals surface area contributed by atoms with Crippen molar-refractivity contribution in [2.24, 2.45) is 4.99 Å². The van der Waals surface area contributed by atoms with Crippen LogP contribution in [0.25, 0.3) is 0 Å². The molecule has 0 spiro atoms. The van der Waals surface area contributed by atoms with Crippen LogP contribution >= 0.6 is 24.0 Å². The summed E-state index contributed by atoms with van der Waals surface area (Å²) >= 11 is 0. The smallest absolute Gasteiger partial charge is 0.191 e. The lowest BCUT2D eigenvalue weighted by Crippen LogP contribution is -2.36. The van der Waals surface area contributed by atoms with Crippen molar-refractivity contribution in [1.29, 1.82) is 0 Å². The number of aryl methyl sites for hydroxylation is 1. The van der Waals surface area contributed by atoms with Gasteiger partial charge in [-0.3, -0.25) is 4.99 Å². The number of rotatable bonds is 11. The van der Waals surface area contributed by atoms with Crippen molar-refractivity contribution >= 4 is 29.9 Å². The van der Waals surface area contributed by atoms with Gasteiger partial charge in [-0.1, -0.05) is 18.2 Å². The summed E-state index contributed by atoms with van der Waals surface area (Å²) in [5.41, 5.74) is 2.95. The molecular formula is C23H33FIN3O3. The Labute approximate surface area is 201 Å². The molecule has 0 aliphatic rings. The van der Waals surface area contributed by atoms with Crippen LogP contribution in [0, 0.1) is 12.7 Å². The number of nitrogens with one attached hydrogen (secondary N) is 2. The number of aliphatic imine (C=N–C) groups is 1. The fraction of sp³-hybridized carbons (Fsp3) is 0.435. The summed E-state index contributed by atoms with van der Waals surface area (Å²) in [5.74, 6) is 1.34. The molecule has 0 aliphatic heterocycles. The van der Waals surface area contributed by atoms with Crippen LogP contribution in [-0.4, -0.2) is 39.4 Å². The molecule has 6 nitrogen and oxygen atoms in total. The van der Waals surface area contributed by atoms with E-state index in [1.807, 2.05) is 45.0 Å². The first kappa shape index (κ1) is 27.0. The van der Waals surface area contributed by atoms with E-state index in [4.69, 9.17) is 14.2 Å². The summed E-state index contributed by atoms with van der Waals surface area (Å²) in [6.45, 7) is 8.96. The van der Waals surface area contributed by atoms with E-state index in [0.29, 0.717) is 45.5 Å². The van der Waals surface area contributed by atoms with Crippen LogP contribution in [0.4, 0.5) is 4.39 Å². The minimum atomic E-state index is -0.368. The van der Waals surface area contributed by atoms with Gasteiger partial charge in [0.1, 0.15) is 12.4 Å². The van der Waals surface area contributed by atoms with Gasteiger partial charge in [0, 0.05) is 32.3 Å². The molecule has 0 amide bonds. The third-order valence-corrected chi connectivity index (χ3v) is 4.34. The largest absolute Gasteiger partial charge is 0.491 e. The Bertz CT molecular complexity index is 834. The fourth-order valence-electron chi connectivity index (χ4n) is 2.81. The topological polar surface area (TPSA) is 64.1 Å². The Hall–Kier alpha value is -2.07. The molecular weight excluding hydrogens is 512 g/mol. The average Bonchev–Trinajstić information content (AvgIpc) is 2.74. The van der Waals surface area contributed by atoms with Gasteiger partial charge in [-0.05, 0) is 50.1 Å². The predicted octanol–water partition coefficient (Wildman–Crippen LogP) is 4.43. The van der Waals surface area contributed by atoms with Crippen LogP contribution in [-0.2, 0) is 17.8 Å². The monoisotopic (exact) mass is 545 g/mol. The number of benzene rings is 2. The first-order valence-electron chi connectivity index (χ1n) is 10.2. The standard InChI is InChI=1S/C23H32FN3O3.HI/c1-5-28-11-12-30-22-13-17(3)7-9-19(22)16-27-23(25-4)26-15-18-8-10-21(29-6-2)20(24)14-18;/h7-10,13-14H,5-6,11-12,15-16H2,1-4H3,(H2,25,26,27);1H. The summed E-state index contributed by atoms with van der Waals surface area (Å²) in [7, 11) is 1.70. The van der Waals surface area contributed by atoms with Gasteiger partial charge in [-0.2, -0.15) is 0 Å². The molecule has 2 rings (SSSR count). The predicted molar refractivity (Wildman–Crippen MR) is 133 cm³/mol. The van der Waals surface area contributed by atoms with Crippen molar-refractivity contribution in [3.63, 3.8) is 0 Å². The molecule has 172 valence electrons. The van der Waals surface area contributed by atoms with E-state index >= 15 is 0 Å². The lowest BCUT2D eigenvalue weighted by molar-refractivity contribution is 0.110. The van der Waals surface area contributed by atoms with Crippen molar-refractivity contribution in [3.05, 3.63) is 58.9 Å². The van der Waals surface area contributed by atoms with Crippen LogP contribution in [0.2, 0.25) is 0 Å². The van der Waals surface area contributed by atoms with Gasteiger partial charge in [0.05, 0.1) is 13.2 Å². The highest BCUT2D eigenvalue weighted by molar-refractivity contribution is 14.0. The second-order valence-corrected chi connectivity index (χ2v) is 6.63. The minimum Gasteiger partial charge on any atom is -0.491 e. The maximum absolute atomic E-state index is 14.0. The van der Waals surface area contributed by atoms with E-state index in [9.17, 15) is 4.39 Å². The molecule has 0 bridgehead atoms. The normalized spacial score (nSPS) is 10.9. The van der Waals surface area contributed by atoms with Gasteiger partial charge in [-0.25, -0.2) is 4.39 Å². The van der Waals surface area contributed by atoms with Gasteiger partial charge >= 0.3 is 0 Å². The number of guanidine groups is 1. The zero-order chi connectivity index (χ0) is 21.8. The first-order valence-corrected chi connectivity index (χ1v) is 10.2. The lowest BCUT2D eigenvalue weighted by Gasteiger charge is -2.16. The summed E-state index contributed by atoms with van der Waals surface area (Å²) in [5, 5.41) is 6.47. The SMILES string of the molecule is CCOCCOc1cc(C)ccc1CNC(=NC)NCc1ccc(OCC)c(F)c1.I. The van der Waals surface area contributed by atoms with Crippen LogP contribution in [0.3, 0.4) is 0 Å². The van der Waals surface area contributed by atoms with Crippen LogP contribution in [0.15, 0.2) is 41.4 Å². The third kappa shape index (κ3) is 9.30. The van der Waals surface area contributed by atoms with Gasteiger partial charge in [-0.15, -0.1) is 24.0 Å². The molecule has 0 radical (unpaired) electrons. The van der Waals surface area contributed by atoms with Gasteiger partial charge in [0.15, 0.2) is 17.5 Å². The van der Waals surface area contributed by atoms with E-state index in [2.05, 4.69) is 15.6 Å². The number of halogens is 2. The van der Waals surface area contributed by atoms with Crippen LogP contribution in [0.1, 0.15) is 30.5 Å². The zero-order valence-electron chi connectivity index (χ0n) is 18.7. The molecule has 0 aromatic heterocycles. The molecule has 0 saturated heterocycles. The first-order chi connectivity index (χ1) is 14.6. The molecule has 2 N–H and O–H groups in total. The highest BCUT2D eigenvalue weighted by Gasteiger charge is 2.08. The number of nitrogens with zero attached hydrogens (tertiary/aromatic N) is 1. The van der Waals surface area contributed by atoms with E-state index in [0.717, 1.165) is 22.4 Å². The zero-order valence-corrected chi connectivity index (χ0v) is 21.0. The maximum atomic E-state index is 14.0. The molecule has 2 aromatic carbocycles. The molecule has 31 heavy (non-hydrogen) atoms. The summed E-state index contributed by atoms with van der Waals surface area (Å²) in [6.07, 6.45) is 0. The summed E-state index contributed by atoms with van der Waals surface area (Å²) in [6, 6.07) is 11.0. The minimum absolute atomic E-state index is 0. The second-order valence-electron chi connectivity index (χ2n) is 6.63. The number of hydrogen-bond donors (Lipinski definition) is 2. The van der Waals surface area contributed by atoms with Crippen LogP contribution in [0.5, 0.6) is 11.5 Å². The summed E-state index contributed by atoms with van der Waals surface area (Å²) in [4.78, 5) is 4.24. The lowest BCUT2D eigenvalue weighted by atomic mass is 10.1. The van der Waals surface area contributed by atoms with Crippen LogP contribution < -0.4 is 20.1 Å². The summed E-state index contributed by atoms with van der Waals surface area (Å²) < 4.78 is 30.5. The quantitative estimate of drug-likeness (QED) is 0.189. The Balaban J connectivity index is 0.00000480. The molecule has 0 unspecified atom stereocenters. The van der Waals surface area contributed by atoms with Crippen molar-refractivity contribution in [2.45, 2.75) is 33.9 Å². The highest BCUT2D eigenvalue weighted by Crippen LogP contribution is 2.20. The van der Waals surface area contributed by atoms with Crippen molar-refractivity contribution in [3.8, 4) is 11.5 Å². The second kappa shape index (κ2) is 14.9. The van der Waals surface area contributed by atoms with Gasteiger partial charge in [0.25, 0.3) is 0 Å². The molecule has 8 heteroatoms. The van der Waals surface area contributed by atoms with Gasteiger partial charge in [0.2, 0.25) is 0 Å². The highest BCUT2D eigenvalue weighted by atomic mass is 127. The van der Waals surface area contributed by atoms with E-state index in [-0.39, 0.29) is 35.5 Å². The van der Waals surface area contributed by atoms with E-state index < -0.39 is 0 Å². The maximum Gasteiger partial charge on any atom is 0.191 e. The van der Waals surface area contributed by atoms with E-state index in [1.165, 1.54) is 6.07 Å². The molecule has 0 aliphatic carbocycles. The Morgan fingerprint density at radius 1 is 0.935 bits per heavy atom. The molecule has 2 aromatic rings. The molecule has 0 saturated carbocycles. The van der Waals surface area contributed by atoms with Gasteiger partial charge < -0.3 is 24.8 Å². The van der Waals surface area contributed by atoms with Crippen molar-refractivity contribution in [2.75, 3.05) is 33.5 Å². The Morgan fingerprint density at radius 2 is 1.71 bits per heavy atom. The fourth-order valence-corrected chi connectivity index (χ4v) is 2.81. The average molecular weight is 545 g/mol. The Kier molecular flexibility index (Phi) is 12.9. The van der Waals surface area contributed by atoms with Crippen molar-refractivity contribution < 1.29 is 18.6 Å². The number of hydrogen-bond acceptors (Lipinski definition) is 4. The molecule has 0 heterocycles. The number of ether oxygens (including phenoxy) is 3. The molecule has 0 atom stereocenters. The van der Waals surface area contributed by atoms with E-state index in [1.54, 1.807) is 13.1 Å². The van der Waals surface area contributed by atoms with Crippen molar-refractivity contribution in [1.82, 2.24) is 10.6 Å². The third-order valence-electron chi connectivity index (χ3n) is 4.34. The Morgan fingerprint density at radius 3 is 2.39 bits per heavy atom.